The smallest absolute Gasteiger partial charge is 0.0499 e. The molecule has 1 rings (SSSR count). The van der Waals surface area contributed by atoms with Gasteiger partial charge in [-0.05, 0) is 24.6 Å². The van der Waals surface area contributed by atoms with E-state index in [9.17, 15) is 4.21 Å². The van der Waals surface area contributed by atoms with E-state index >= 15 is 0 Å². The molecule has 2 N–H and O–H groups in total. The van der Waals surface area contributed by atoms with Gasteiger partial charge >= 0.3 is 0 Å². The Labute approximate surface area is 102 Å². The van der Waals surface area contributed by atoms with Gasteiger partial charge in [-0.25, -0.2) is 0 Å². The van der Waals surface area contributed by atoms with Crippen molar-refractivity contribution in [3.63, 3.8) is 0 Å². The lowest BCUT2D eigenvalue weighted by molar-refractivity contribution is 0.665. The highest BCUT2D eigenvalue weighted by Crippen LogP contribution is 2.19. The first kappa shape index (κ1) is 12.9. The van der Waals surface area contributed by atoms with Gasteiger partial charge in [-0.15, -0.1) is 0 Å². The highest BCUT2D eigenvalue weighted by Gasteiger charge is 2.11. The lowest BCUT2D eigenvalue weighted by atomic mass is 10.2. The van der Waals surface area contributed by atoms with E-state index < -0.39 is 10.8 Å². The zero-order chi connectivity index (χ0) is 11.3. The van der Waals surface area contributed by atoms with E-state index in [-0.39, 0.29) is 5.25 Å². The van der Waals surface area contributed by atoms with Crippen molar-refractivity contribution < 1.29 is 4.21 Å². The van der Waals surface area contributed by atoms with Gasteiger partial charge in [0, 0.05) is 26.3 Å². The SMILES string of the molecule is CC(CCN)S(=O)Cc1ccccc1Br. The minimum Gasteiger partial charge on any atom is -0.330 e. The molecule has 15 heavy (non-hydrogen) atoms. The van der Waals surface area contributed by atoms with Crippen molar-refractivity contribution in [1.29, 1.82) is 0 Å². The van der Waals surface area contributed by atoms with Crippen molar-refractivity contribution in [2.75, 3.05) is 6.54 Å². The minimum atomic E-state index is -0.836. The van der Waals surface area contributed by atoms with Gasteiger partial charge in [0.2, 0.25) is 0 Å². The van der Waals surface area contributed by atoms with Crippen molar-refractivity contribution in [3.8, 4) is 0 Å². The Bertz CT molecular complexity index is 343. The zero-order valence-electron chi connectivity index (χ0n) is 8.78. The number of hydrogen-bond acceptors (Lipinski definition) is 2. The second-order valence-corrected chi connectivity index (χ2v) is 6.21. The molecule has 0 saturated carbocycles. The van der Waals surface area contributed by atoms with Crippen LogP contribution in [-0.4, -0.2) is 16.0 Å². The summed E-state index contributed by atoms with van der Waals surface area (Å²) in [6.45, 7) is 2.59. The highest BCUT2D eigenvalue weighted by molar-refractivity contribution is 9.10. The second-order valence-electron chi connectivity index (χ2n) is 3.50. The van der Waals surface area contributed by atoms with Gasteiger partial charge < -0.3 is 5.73 Å². The van der Waals surface area contributed by atoms with Crippen LogP contribution in [0.25, 0.3) is 0 Å². The second kappa shape index (κ2) is 6.40. The molecule has 0 saturated heterocycles. The first-order valence-corrected chi connectivity index (χ1v) is 7.13. The molecule has 4 heteroatoms. The van der Waals surface area contributed by atoms with Crippen molar-refractivity contribution in [2.24, 2.45) is 5.73 Å². The summed E-state index contributed by atoms with van der Waals surface area (Å²) >= 11 is 3.45. The van der Waals surface area contributed by atoms with Crippen molar-refractivity contribution in [2.45, 2.75) is 24.3 Å². The van der Waals surface area contributed by atoms with Crippen LogP contribution >= 0.6 is 15.9 Å². The molecule has 0 amide bonds. The third kappa shape index (κ3) is 4.05. The molecule has 0 aliphatic carbocycles. The summed E-state index contributed by atoms with van der Waals surface area (Å²) in [6, 6.07) is 7.89. The molecule has 0 aliphatic rings. The predicted octanol–water partition coefficient (Wildman–Crippen LogP) is 2.44. The molecule has 2 atom stereocenters. The fourth-order valence-corrected chi connectivity index (χ4v) is 3.13. The molecule has 1 aromatic carbocycles. The largest absolute Gasteiger partial charge is 0.330 e. The molecule has 84 valence electrons. The fourth-order valence-electron chi connectivity index (χ4n) is 1.28. The molecular formula is C11H16BrNOS. The van der Waals surface area contributed by atoms with Crippen LogP contribution in [0.3, 0.4) is 0 Å². The van der Waals surface area contributed by atoms with Gasteiger partial charge in [0.25, 0.3) is 0 Å². The summed E-state index contributed by atoms with van der Waals surface area (Å²) in [5.74, 6) is 0.600. The van der Waals surface area contributed by atoms with E-state index in [0.717, 1.165) is 16.5 Å². The third-order valence-corrected chi connectivity index (χ3v) is 4.78. The first-order chi connectivity index (χ1) is 7.15. The monoisotopic (exact) mass is 289 g/mol. The quantitative estimate of drug-likeness (QED) is 0.905. The van der Waals surface area contributed by atoms with E-state index in [4.69, 9.17) is 5.73 Å². The van der Waals surface area contributed by atoms with Crippen LogP contribution in [0.5, 0.6) is 0 Å². The van der Waals surface area contributed by atoms with E-state index in [1.165, 1.54) is 0 Å². The zero-order valence-corrected chi connectivity index (χ0v) is 11.2. The average Bonchev–Trinajstić information content (AvgIpc) is 2.21. The van der Waals surface area contributed by atoms with Gasteiger partial charge in [-0.2, -0.15) is 0 Å². The summed E-state index contributed by atoms with van der Waals surface area (Å²) in [4.78, 5) is 0. The molecular weight excluding hydrogens is 274 g/mol. The average molecular weight is 290 g/mol. The minimum absolute atomic E-state index is 0.169. The summed E-state index contributed by atoms with van der Waals surface area (Å²) in [7, 11) is -0.836. The maximum absolute atomic E-state index is 11.9. The van der Waals surface area contributed by atoms with E-state index in [1.54, 1.807) is 0 Å². The fraction of sp³-hybridized carbons (Fsp3) is 0.455. The van der Waals surface area contributed by atoms with Crippen LogP contribution in [0.4, 0.5) is 0 Å². The Balaban J connectivity index is 2.62. The lowest BCUT2D eigenvalue weighted by Gasteiger charge is -2.10. The first-order valence-electron chi connectivity index (χ1n) is 4.95. The molecule has 0 heterocycles. The van der Waals surface area contributed by atoms with Crippen LogP contribution in [0.2, 0.25) is 0 Å². The van der Waals surface area contributed by atoms with Gasteiger partial charge in [0.05, 0.1) is 0 Å². The van der Waals surface area contributed by atoms with Gasteiger partial charge in [-0.3, -0.25) is 4.21 Å². The van der Waals surface area contributed by atoms with Crippen LogP contribution in [0.15, 0.2) is 28.7 Å². The maximum Gasteiger partial charge on any atom is 0.0499 e. The van der Waals surface area contributed by atoms with E-state index in [2.05, 4.69) is 15.9 Å². The predicted molar refractivity (Wildman–Crippen MR) is 69.1 cm³/mol. The van der Waals surface area contributed by atoms with Gasteiger partial charge in [0.1, 0.15) is 0 Å². The Kier molecular flexibility index (Phi) is 5.50. The Morgan fingerprint density at radius 3 is 2.73 bits per heavy atom. The Hall–Kier alpha value is -0.190. The number of rotatable bonds is 5. The van der Waals surface area contributed by atoms with Crippen molar-refractivity contribution >= 4 is 26.7 Å². The van der Waals surface area contributed by atoms with Crippen molar-refractivity contribution in [1.82, 2.24) is 0 Å². The Morgan fingerprint density at radius 2 is 2.13 bits per heavy atom. The number of halogens is 1. The van der Waals surface area contributed by atoms with Crippen LogP contribution < -0.4 is 5.73 Å². The topological polar surface area (TPSA) is 43.1 Å². The molecule has 0 fully saturated rings. The van der Waals surface area contributed by atoms with Crippen molar-refractivity contribution in [3.05, 3.63) is 34.3 Å². The van der Waals surface area contributed by atoms with E-state index in [1.807, 2.05) is 31.2 Å². The van der Waals surface area contributed by atoms with Crippen LogP contribution in [-0.2, 0) is 16.6 Å². The molecule has 0 spiro atoms. The number of nitrogens with two attached hydrogens (primary N) is 1. The molecule has 0 bridgehead atoms. The normalized spacial score (nSPS) is 14.9. The van der Waals surface area contributed by atoms with Gasteiger partial charge in [0.15, 0.2) is 0 Å². The summed E-state index contributed by atoms with van der Waals surface area (Å²) in [5, 5.41) is 0.169. The molecule has 1 aromatic rings. The summed E-state index contributed by atoms with van der Waals surface area (Å²) < 4.78 is 12.9. The number of benzene rings is 1. The maximum atomic E-state index is 11.9. The van der Waals surface area contributed by atoms with Crippen LogP contribution in [0, 0.1) is 0 Å². The summed E-state index contributed by atoms with van der Waals surface area (Å²) in [6.07, 6.45) is 0.817. The Morgan fingerprint density at radius 1 is 1.47 bits per heavy atom. The summed E-state index contributed by atoms with van der Waals surface area (Å²) in [5.41, 5.74) is 6.54. The lowest BCUT2D eigenvalue weighted by Crippen LogP contribution is -2.17. The molecule has 2 unspecified atom stereocenters. The van der Waals surface area contributed by atoms with Gasteiger partial charge in [-0.1, -0.05) is 41.1 Å². The standard InChI is InChI=1S/C11H16BrNOS/c1-9(6-7-13)15(14)8-10-4-2-3-5-11(10)12/h2-5,9H,6-8,13H2,1H3. The molecule has 0 aliphatic heterocycles. The third-order valence-electron chi connectivity index (χ3n) is 2.28. The van der Waals surface area contributed by atoms with E-state index in [0.29, 0.717) is 12.3 Å². The van der Waals surface area contributed by atoms with Crippen LogP contribution in [0.1, 0.15) is 18.9 Å². The number of hydrogen-bond donors (Lipinski definition) is 1. The molecule has 2 nitrogen and oxygen atoms in total. The highest BCUT2D eigenvalue weighted by atomic mass is 79.9. The molecule has 0 aromatic heterocycles. The molecule has 0 radical (unpaired) electrons.